The average Bonchev–Trinajstić information content (AvgIpc) is 3.18. The molecule has 13 heteroatoms. The molecule has 4 rings (SSSR count). The van der Waals surface area contributed by atoms with Gasteiger partial charge in [0.1, 0.15) is 37.5 Å². The van der Waals surface area contributed by atoms with Crippen LogP contribution in [-0.4, -0.2) is 102 Å². The number of nitrogens with zero attached hydrogens (tertiary/aromatic N) is 1. The lowest BCUT2D eigenvalue weighted by Crippen LogP contribution is -2.61. The van der Waals surface area contributed by atoms with Crippen LogP contribution in [0.4, 0.5) is 5.69 Å². The molecule has 7 atom stereocenters. The van der Waals surface area contributed by atoms with Crippen LogP contribution in [0.5, 0.6) is 0 Å². The minimum absolute atomic E-state index is 0.165. The first-order chi connectivity index (χ1) is 22.1. The lowest BCUT2D eigenvalue weighted by atomic mass is 9.99. The molecule has 0 spiro atoms. The number of aliphatic hydroxyl groups excluding tert-OH is 3. The van der Waals surface area contributed by atoms with Crippen LogP contribution in [0, 0.1) is 0 Å². The van der Waals surface area contributed by atoms with Gasteiger partial charge < -0.3 is 34.3 Å². The van der Waals surface area contributed by atoms with E-state index in [0.717, 1.165) is 11.1 Å². The van der Waals surface area contributed by atoms with Crippen molar-refractivity contribution in [2.75, 3.05) is 24.7 Å². The van der Waals surface area contributed by atoms with Gasteiger partial charge in [-0.2, -0.15) is 0 Å². The highest BCUT2D eigenvalue weighted by Crippen LogP contribution is 2.28. The molecule has 0 aliphatic carbocycles. The monoisotopic (exact) mass is 640 g/mol. The van der Waals surface area contributed by atoms with E-state index in [1.165, 1.54) is 11.0 Å². The topological polar surface area (TPSA) is 181 Å². The summed E-state index contributed by atoms with van der Waals surface area (Å²) in [6.45, 7) is 4.46. The normalized spacial score (nSPS) is 25.0. The number of amides is 1. The molecule has 0 radical (unpaired) electrons. The highest BCUT2D eigenvalue weighted by Gasteiger charge is 2.49. The molecule has 2 aromatic carbocycles. The van der Waals surface area contributed by atoms with Gasteiger partial charge in [-0.15, -0.1) is 0 Å². The van der Waals surface area contributed by atoms with Gasteiger partial charge >= 0.3 is 17.9 Å². The first-order valence-electron chi connectivity index (χ1n) is 15.2. The fraction of sp³-hybridized carbons (Fsp3) is 0.455. The van der Waals surface area contributed by atoms with E-state index in [-0.39, 0.29) is 13.2 Å². The van der Waals surface area contributed by atoms with Gasteiger partial charge in [-0.3, -0.25) is 24.6 Å². The van der Waals surface area contributed by atoms with Crippen LogP contribution in [0.25, 0.3) is 0 Å². The molecule has 248 valence electrons. The second-order valence-electron chi connectivity index (χ2n) is 10.9. The number of hydrogen-bond acceptors (Lipinski definition) is 12. The third kappa shape index (κ3) is 8.56. The number of anilines is 1. The zero-order chi connectivity index (χ0) is 33.2. The summed E-state index contributed by atoms with van der Waals surface area (Å²) in [4.78, 5) is 53.8. The van der Waals surface area contributed by atoms with Crippen molar-refractivity contribution in [2.24, 2.45) is 0 Å². The number of esters is 3. The van der Waals surface area contributed by atoms with Crippen LogP contribution < -0.4 is 10.2 Å². The molecule has 1 amide bonds. The van der Waals surface area contributed by atoms with Crippen LogP contribution in [0.3, 0.4) is 0 Å². The number of benzene rings is 2. The quantitative estimate of drug-likeness (QED) is 0.136. The zero-order valence-electron chi connectivity index (χ0n) is 25.5. The number of aryl methyl sites for hydroxylation is 2. The zero-order valence-corrected chi connectivity index (χ0v) is 25.5. The van der Waals surface area contributed by atoms with Crippen LogP contribution in [0.15, 0.2) is 67.3 Å². The smallest absolute Gasteiger partial charge is 0.338 e. The van der Waals surface area contributed by atoms with E-state index in [1.54, 1.807) is 25.1 Å². The van der Waals surface area contributed by atoms with E-state index < -0.39 is 73.1 Å². The third-order valence-electron chi connectivity index (χ3n) is 7.77. The highest BCUT2D eigenvalue weighted by atomic mass is 16.7. The first kappa shape index (κ1) is 34.7. The number of rotatable bonds is 13. The maximum atomic E-state index is 14.0. The molecule has 2 aromatic rings. The molecular weight excluding hydrogens is 600 g/mol. The van der Waals surface area contributed by atoms with Crippen molar-refractivity contribution in [1.82, 2.24) is 5.32 Å². The number of carbonyl (C=O) groups is 4. The van der Waals surface area contributed by atoms with Crippen molar-refractivity contribution in [3.63, 3.8) is 0 Å². The van der Waals surface area contributed by atoms with Crippen molar-refractivity contribution >= 4 is 29.5 Å². The van der Waals surface area contributed by atoms with Gasteiger partial charge in [-0.05, 0) is 49.8 Å². The SMILES string of the molecule is C=CCOC(=O)C1O[C@H](OC(=O)CN2C(=O)[C@@H](N[C@@H](CCc3ccccc3)C(=O)OCC)CCc3ccccc32)[C@H](O)C(O)[C@H]1O. The van der Waals surface area contributed by atoms with Gasteiger partial charge in [-0.1, -0.05) is 61.2 Å². The molecule has 1 saturated heterocycles. The van der Waals surface area contributed by atoms with E-state index in [2.05, 4.69) is 11.9 Å². The Labute approximate surface area is 266 Å². The Morgan fingerprint density at radius 2 is 1.76 bits per heavy atom. The largest absolute Gasteiger partial charge is 0.465 e. The number of carbonyl (C=O) groups excluding carboxylic acids is 4. The summed E-state index contributed by atoms with van der Waals surface area (Å²) < 4.78 is 20.8. The Hall–Kier alpha value is -4.14. The van der Waals surface area contributed by atoms with Crippen molar-refractivity contribution in [3.8, 4) is 0 Å². The number of aliphatic hydroxyl groups is 3. The van der Waals surface area contributed by atoms with Crippen LogP contribution in [-0.2, 0) is 51.0 Å². The summed E-state index contributed by atoms with van der Waals surface area (Å²) in [6.07, 6.45) is -6.30. The summed E-state index contributed by atoms with van der Waals surface area (Å²) in [6, 6.07) is 14.9. The second-order valence-corrected chi connectivity index (χ2v) is 10.9. The number of nitrogens with one attached hydrogen (secondary N) is 1. The number of fused-ring (bicyclic) bond motifs is 1. The molecule has 1 fully saturated rings. The third-order valence-corrected chi connectivity index (χ3v) is 7.77. The Morgan fingerprint density at radius 1 is 1.04 bits per heavy atom. The molecule has 0 bridgehead atoms. The maximum absolute atomic E-state index is 14.0. The van der Waals surface area contributed by atoms with E-state index in [9.17, 15) is 34.5 Å². The van der Waals surface area contributed by atoms with E-state index in [1.807, 2.05) is 36.4 Å². The number of hydrogen-bond donors (Lipinski definition) is 4. The Balaban J connectivity index is 1.51. The average molecular weight is 641 g/mol. The van der Waals surface area contributed by atoms with E-state index in [4.69, 9.17) is 18.9 Å². The maximum Gasteiger partial charge on any atom is 0.338 e. The first-order valence-corrected chi connectivity index (χ1v) is 15.2. The standard InChI is InChI=1S/C33H40N2O11/c1-3-18-44-32(42)29-27(38)26(37)28(39)33(46-29)45-25(36)19-35-24-13-9-8-12-21(24)15-17-22(30(35)40)34-23(31(41)43-4-2)16-14-20-10-6-5-7-11-20/h3,5-13,22-23,26-29,33-34,37-39H,1,4,14-19H2,2H3/t22-,23-,26?,27+,28+,29?,33-/m0/s1. The van der Waals surface area contributed by atoms with Gasteiger partial charge in [0.15, 0.2) is 6.10 Å². The van der Waals surface area contributed by atoms with Gasteiger partial charge in [0.05, 0.1) is 12.6 Å². The lowest BCUT2D eigenvalue weighted by molar-refractivity contribution is -0.286. The molecule has 46 heavy (non-hydrogen) atoms. The van der Waals surface area contributed by atoms with Gasteiger partial charge in [0.2, 0.25) is 12.2 Å². The fourth-order valence-electron chi connectivity index (χ4n) is 5.40. The van der Waals surface area contributed by atoms with Crippen molar-refractivity contribution in [1.29, 1.82) is 0 Å². The molecule has 2 aliphatic rings. The molecule has 4 N–H and O–H groups in total. The minimum Gasteiger partial charge on any atom is -0.465 e. The molecule has 2 heterocycles. The Bertz CT molecular complexity index is 1370. The van der Waals surface area contributed by atoms with Gasteiger partial charge in [-0.25, -0.2) is 4.79 Å². The molecule has 0 aromatic heterocycles. The minimum atomic E-state index is -1.90. The van der Waals surface area contributed by atoms with Crippen LogP contribution >= 0.6 is 0 Å². The van der Waals surface area contributed by atoms with Crippen molar-refractivity contribution in [3.05, 3.63) is 78.4 Å². The molecule has 2 unspecified atom stereocenters. The predicted molar refractivity (Wildman–Crippen MR) is 163 cm³/mol. The predicted octanol–water partition coefficient (Wildman–Crippen LogP) is 0.569. The summed E-state index contributed by atoms with van der Waals surface area (Å²) in [5.74, 6) is -3.08. The van der Waals surface area contributed by atoms with Crippen LogP contribution in [0.2, 0.25) is 0 Å². The van der Waals surface area contributed by atoms with Crippen molar-refractivity contribution in [2.45, 2.75) is 75.4 Å². The van der Waals surface area contributed by atoms with E-state index >= 15 is 0 Å². The summed E-state index contributed by atoms with van der Waals surface area (Å²) in [5.41, 5.74) is 2.25. The Kier molecular flexibility index (Phi) is 12.4. The fourth-order valence-corrected chi connectivity index (χ4v) is 5.40. The highest BCUT2D eigenvalue weighted by molar-refractivity contribution is 6.02. The summed E-state index contributed by atoms with van der Waals surface area (Å²) in [5, 5.41) is 34.2. The number of para-hydroxylation sites is 1. The summed E-state index contributed by atoms with van der Waals surface area (Å²) >= 11 is 0. The van der Waals surface area contributed by atoms with E-state index in [0.29, 0.717) is 31.4 Å². The molecule has 2 aliphatic heterocycles. The Morgan fingerprint density at radius 3 is 2.48 bits per heavy atom. The van der Waals surface area contributed by atoms with Crippen molar-refractivity contribution < 1.29 is 53.4 Å². The molecular formula is C33H40N2O11. The molecule has 13 nitrogen and oxygen atoms in total. The number of ether oxygens (including phenoxy) is 4. The summed E-state index contributed by atoms with van der Waals surface area (Å²) in [7, 11) is 0. The molecule has 0 saturated carbocycles. The van der Waals surface area contributed by atoms with Crippen LogP contribution in [0.1, 0.15) is 30.9 Å². The second kappa shape index (κ2) is 16.4. The lowest BCUT2D eigenvalue weighted by Gasteiger charge is -2.38. The van der Waals surface area contributed by atoms with Gasteiger partial charge in [0, 0.05) is 5.69 Å². The van der Waals surface area contributed by atoms with Gasteiger partial charge in [0.25, 0.3) is 0 Å².